The van der Waals surface area contributed by atoms with Crippen molar-refractivity contribution in [2.45, 2.75) is 20.4 Å². The number of pyridine rings is 1. The second-order valence-corrected chi connectivity index (χ2v) is 6.57. The van der Waals surface area contributed by atoms with E-state index in [1.54, 1.807) is 13.2 Å². The van der Waals surface area contributed by atoms with Gasteiger partial charge in [-0.2, -0.15) is 8.78 Å². The fourth-order valence-corrected chi connectivity index (χ4v) is 3.22. The Morgan fingerprint density at radius 3 is 2.70 bits per heavy atom. The van der Waals surface area contributed by atoms with Crippen molar-refractivity contribution in [2.75, 3.05) is 12.8 Å². The second-order valence-electron chi connectivity index (χ2n) is 6.57. The summed E-state index contributed by atoms with van der Waals surface area (Å²) in [6, 6.07) is 5.22. The van der Waals surface area contributed by atoms with Gasteiger partial charge in [-0.05, 0) is 31.5 Å². The number of hydrogen-bond acceptors (Lipinski definition) is 7. The molecule has 0 aliphatic heterocycles. The van der Waals surface area contributed by atoms with Crippen LogP contribution in [0.25, 0.3) is 22.3 Å². The standard InChI is InChI=1S/C20H18F2N6O2/c1-10-4-5-15(29-3)11(2)17(10)30-19-16-13(25-8-26-18(16)23)6-12(27-19)14-7-24-9-28(14)20(21)22/h4-9,20H,1-3H3,(H2,23,25,26). The van der Waals surface area contributed by atoms with Crippen LogP contribution in [0.2, 0.25) is 0 Å². The first-order chi connectivity index (χ1) is 14.4. The number of rotatable bonds is 5. The molecule has 10 heteroatoms. The van der Waals surface area contributed by atoms with Crippen molar-refractivity contribution in [1.82, 2.24) is 24.5 Å². The van der Waals surface area contributed by atoms with E-state index in [0.717, 1.165) is 17.5 Å². The number of anilines is 1. The number of benzene rings is 1. The predicted octanol–water partition coefficient (Wildman–Crippen LogP) is 4.28. The third-order valence-electron chi connectivity index (χ3n) is 4.73. The fraction of sp³-hybridized carbons (Fsp3) is 0.200. The van der Waals surface area contributed by atoms with Crippen LogP contribution in [0, 0.1) is 13.8 Å². The van der Waals surface area contributed by atoms with E-state index in [0.29, 0.717) is 27.0 Å². The van der Waals surface area contributed by atoms with Crippen molar-refractivity contribution < 1.29 is 18.3 Å². The smallest absolute Gasteiger partial charge is 0.320 e. The van der Waals surface area contributed by atoms with Gasteiger partial charge in [0.2, 0.25) is 5.88 Å². The van der Waals surface area contributed by atoms with Crippen molar-refractivity contribution in [3.05, 3.63) is 48.2 Å². The van der Waals surface area contributed by atoms with Crippen LogP contribution in [-0.4, -0.2) is 31.6 Å². The molecule has 0 saturated carbocycles. The van der Waals surface area contributed by atoms with Crippen LogP contribution in [0.3, 0.4) is 0 Å². The van der Waals surface area contributed by atoms with Gasteiger partial charge in [0.15, 0.2) is 0 Å². The fourth-order valence-electron chi connectivity index (χ4n) is 3.22. The quantitative estimate of drug-likeness (QED) is 0.522. The molecule has 0 fully saturated rings. The van der Waals surface area contributed by atoms with Crippen molar-refractivity contribution in [2.24, 2.45) is 0 Å². The van der Waals surface area contributed by atoms with Gasteiger partial charge >= 0.3 is 6.55 Å². The van der Waals surface area contributed by atoms with E-state index in [-0.39, 0.29) is 23.1 Å². The molecule has 154 valence electrons. The van der Waals surface area contributed by atoms with E-state index in [1.807, 2.05) is 26.0 Å². The van der Waals surface area contributed by atoms with Gasteiger partial charge in [0.25, 0.3) is 0 Å². The Labute approximate surface area is 170 Å². The normalized spacial score (nSPS) is 11.3. The van der Waals surface area contributed by atoms with Crippen LogP contribution in [0.5, 0.6) is 17.4 Å². The third-order valence-corrected chi connectivity index (χ3v) is 4.73. The molecule has 4 rings (SSSR count). The summed E-state index contributed by atoms with van der Waals surface area (Å²) in [5.41, 5.74) is 8.39. The van der Waals surface area contributed by atoms with E-state index < -0.39 is 6.55 Å². The highest BCUT2D eigenvalue weighted by atomic mass is 19.3. The molecule has 0 atom stereocenters. The maximum Gasteiger partial charge on any atom is 0.320 e. The second kappa shape index (κ2) is 7.54. The number of fused-ring (bicyclic) bond motifs is 1. The summed E-state index contributed by atoms with van der Waals surface area (Å²) in [7, 11) is 1.56. The molecule has 8 nitrogen and oxygen atoms in total. The Balaban J connectivity index is 1.94. The van der Waals surface area contributed by atoms with Gasteiger partial charge in [0, 0.05) is 5.56 Å². The average molecular weight is 412 g/mol. The molecular weight excluding hydrogens is 394 g/mol. The van der Waals surface area contributed by atoms with Crippen molar-refractivity contribution >= 4 is 16.7 Å². The predicted molar refractivity (Wildman–Crippen MR) is 107 cm³/mol. The molecule has 0 spiro atoms. The number of halogens is 2. The average Bonchev–Trinajstić information content (AvgIpc) is 3.21. The van der Waals surface area contributed by atoms with Gasteiger partial charge in [0.05, 0.1) is 36.5 Å². The highest BCUT2D eigenvalue weighted by molar-refractivity contribution is 5.94. The highest BCUT2D eigenvalue weighted by Gasteiger charge is 2.20. The summed E-state index contributed by atoms with van der Waals surface area (Å²) >= 11 is 0. The maximum absolute atomic E-state index is 13.4. The Morgan fingerprint density at radius 2 is 1.97 bits per heavy atom. The molecule has 2 N–H and O–H groups in total. The van der Waals surface area contributed by atoms with E-state index in [4.69, 9.17) is 15.2 Å². The first-order valence-corrected chi connectivity index (χ1v) is 8.94. The minimum Gasteiger partial charge on any atom is -0.496 e. The molecule has 3 heterocycles. The minimum absolute atomic E-state index is 0.0991. The number of aryl methyl sites for hydroxylation is 1. The van der Waals surface area contributed by atoms with Crippen LogP contribution in [0.4, 0.5) is 14.6 Å². The lowest BCUT2D eigenvalue weighted by Gasteiger charge is -2.16. The summed E-state index contributed by atoms with van der Waals surface area (Å²) in [6.45, 7) is 0.945. The molecule has 0 bridgehead atoms. The van der Waals surface area contributed by atoms with E-state index in [1.165, 1.54) is 12.5 Å². The Bertz CT molecular complexity index is 1240. The van der Waals surface area contributed by atoms with Gasteiger partial charge < -0.3 is 15.2 Å². The SMILES string of the molecule is COc1ccc(C)c(Oc2nc(-c3cncn3C(F)F)cc3ncnc(N)c23)c1C. The molecule has 0 saturated heterocycles. The van der Waals surface area contributed by atoms with Crippen LogP contribution in [0.1, 0.15) is 17.7 Å². The molecule has 0 amide bonds. The van der Waals surface area contributed by atoms with Crippen LogP contribution in [0.15, 0.2) is 37.1 Å². The number of aromatic nitrogens is 5. The number of nitrogen functional groups attached to an aromatic ring is 1. The Hall–Kier alpha value is -3.82. The maximum atomic E-state index is 13.4. The lowest BCUT2D eigenvalue weighted by Crippen LogP contribution is -2.03. The van der Waals surface area contributed by atoms with Crippen molar-refractivity contribution in [3.63, 3.8) is 0 Å². The molecule has 0 radical (unpaired) electrons. The zero-order valence-electron chi connectivity index (χ0n) is 16.4. The number of nitrogens with two attached hydrogens (primary N) is 1. The molecule has 1 aromatic carbocycles. The Kier molecular flexibility index (Phi) is 4.90. The minimum atomic E-state index is -2.78. The van der Waals surface area contributed by atoms with Crippen LogP contribution >= 0.6 is 0 Å². The van der Waals surface area contributed by atoms with Crippen LogP contribution in [-0.2, 0) is 0 Å². The highest BCUT2D eigenvalue weighted by Crippen LogP contribution is 2.38. The number of ether oxygens (including phenoxy) is 2. The van der Waals surface area contributed by atoms with E-state index >= 15 is 0 Å². The topological polar surface area (TPSA) is 101 Å². The molecule has 0 aliphatic carbocycles. The third kappa shape index (κ3) is 3.25. The molecule has 0 aliphatic rings. The summed E-state index contributed by atoms with van der Waals surface area (Å²) in [5, 5.41) is 0.381. The summed E-state index contributed by atoms with van der Waals surface area (Å²) in [5.74, 6) is 1.42. The monoisotopic (exact) mass is 412 g/mol. The zero-order chi connectivity index (χ0) is 21.4. The van der Waals surface area contributed by atoms with Crippen molar-refractivity contribution in [1.29, 1.82) is 0 Å². The number of alkyl halides is 2. The lowest BCUT2D eigenvalue weighted by atomic mass is 10.1. The lowest BCUT2D eigenvalue weighted by molar-refractivity contribution is 0.0718. The van der Waals surface area contributed by atoms with E-state index in [2.05, 4.69) is 19.9 Å². The number of imidazole rings is 1. The largest absolute Gasteiger partial charge is 0.496 e. The van der Waals surface area contributed by atoms with E-state index in [9.17, 15) is 8.78 Å². The number of methoxy groups -OCH3 is 1. The van der Waals surface area contributed by atoms with Crippen molar-refractivity contribution in [3.8, 4) is 28.8 Å². The van der Waals surface area contributed by atoms with Gasteiger partial charge in [-0.3, -0.25) is 4.57 Å². The van der Waals surface area contributed by atoms with Gasteiger partial charge in [-0.25, -0.2) is 19.9 Å². The number of hydrogen-bond donors (Lipinski definition) is 1. The zero-order valence-corrected chi connectivity index (χ0v) is 16.4. The van der Waals surface area contributed by atoms with Gasteiger partial charge in [-0.1, -0.05) is 6.07 Å². The number of nitrogens with zero attached hydrogens (tertiary/aromatic N) is 5. The van der Waals surface area contributed by atoms with Gasteiger partial charge in [0.1, 0.15) is 29.0 Å². The molecule has 3 aromatic heterocycles. The summed E-state index contributed by atoms with van der Waals surface area (Å²) in [4.78, 5) is 16.5. The molecular formula is C20H18F2N6O2. The van der Waals surface area contributed by atoms with Crippen LogP contribution < -0.4 is 15.2 Å². The molecule has 4 aromatic rings. The first-order valence-electron chi connectivity index (χ1n) is 8.94. The Morgan fingerprint density at radius 1 is 1.17 bits per heavy atom. The molecule has 30 heavy (non-hydrogen) atoms. The first kappa shape index (κ1) is 19.5. The summed E-state index contributed by atoms with van der Waals surface area (Å²) < 4.78 is 39.0. The summed E-state index contributed by atoms with van der Waals surface area (Å²) in [6.07, 6.45) is 3.63. The molecule has 0 unspecified atom stereocenters. The van der Waals surface area contributed by atoms with Gasteiger partial charge in [-0.15, -0.1) is 0 Å².